The Labute approximate surface area is 121 Å². The maximum absolute atomic E-state index is 12.0. The van der Waals surface area contributed by atoms with Gasteiger partial charge in [-0.1, -0.05) is 40.0 Å². The molecule has 102 valence electrons. The molecule has 0 aliphatic heterocycles. The van der Waals surface area contributed by atoms with Crippen molar-refractivity contribution in [2.45, 2.75) is 16.6 Å². The SMILES string of the molecule is CC#CC(=O)OCC(Br)CS(=O)(=O)c1ccccc1. The van der Waals surface area contributed by atoms with Gasteiger partial charge in [0.15, 0.2) is 9.84 Å². The third-order valence-electron chi connectivity index (χ3n) is 2.12. The van der Waals surface area contributed by atoms with E-state index in [1.165, 1.54) is 19.1 Å². The number of carbonyl (C=O) groups excluding carboxylic acids is 1. The van der Waals surface area contributed by atoms with Crippen molar-refractivity contribution in [2.75, 3.05) is 12.4 Å². The van der Waals surface area contributed by atoms with Crippen LogP contribution in [0.1, 0.15) is 6.92 Å². The summed E-state index contributed by atoms with van der Waals surface area (Å²) in [5.74, 6) is 3.81. The summed E-state index contributed by atoms with van der Waals surface area (Å²) in [6, 6.07) is 8.13. The van der Waals surface area contributed by atoms with E-state index in [0.29, 0.717) is 0 Å². The molecule has 0 saturated carbocycles. The second kappa shape index (κ2) is 7.31. The number of halogens is 1. The van der Waals surface area contributed by atoms with Gasteiger partial charge >= 0.3 is 5.97 Å². The van der Waals surface area contributed by atoms with Crippen molar-refractivity contribution in [3.8, 4) is 11.8 Å². The van der Waals surface area contributed by atoms with Gasteiger partial charge in [0.1, 0.15) is 6.61 Å². The summed E-state index contributed by atoms with van der Waals surface area (Å²) in [7, 11) is -3.39. The van der Waals surface area contributed by atoms with E-state index in [9.17, 15) is 13.2 Å². The van der Waals surface area contributed by atoms with Crippen molar-refractivity contribution in [1.29, 1.82) is 0 Å². The maximum Gasteiger partial charge on any atom is 0.384 e. The monoisotopic (exact) mass is 344 g/mol. The fourth-order valence-electron chi connectivity index (χ4n) is 1.31. The highest BCUT2D eigenvalue weighted by Crippen LogP contribution is 2.14. The lowest BCUT2D eigenvalue weighted by molar-refractivity contribution is -0.136. The summed E-state index contributed by atoms with van der Waals surface area (Å²) in [5.41, 5.74) is 0. The third kappa shape index (κ3) is 5.45. The Morgan fingerprint density at radius 3 is 2.58 bits per heavy atom. The van der Waals surface area contributed by atoms with Crippen molar-refractivity contribution in [1.82, 2.24) is 0 Å². The van der Waals surface area contributed by atoms with Crippen LogP contribution in [0.3, 0.4) is 0 Å². The molecule has 0 amide bonds. The normalized spacial score (nSPS) is 12.1. The van der Waals surface area contributed by atoms with Crippen LogP contribution in [0.15, 0.2) is 35.2 Å². The number of sulfone groups is 1. The zero-order valence-corrected chi connectivity index (χ0v) is 12.7. The quantitative estimate of drug-likeness (QED) is 0.353. The molecule has 4 nitrogen and oxygen atoms in total. The molecule has 1 aromatic carbocycles. The molecule has 1 aromatic rings. The van der Waals surface area contributed by atoms with Crippen molar-refractivity contribution in [3.05, 3.63) is 30.3 Å². The Balaban J connectivity index is 2.59. The first kappa shape index (κ1) is 15.7. The lowest BCUT2D eigenvalue weighted by Crippen LogP contribution is -2.22. The molecule has 0 aliphatic carbocycles. The molecule has 0 aliphatic rings. The minimum absolute atomic E-state index is 0.0421. The Hall–Kier alpha value is -1.32. The highest BCUT2D eigenvalue weighted by Gasteiger charge is 2.20. The van der Waals surface area contributed by atoms with Gasteiger partial charge in [0.05, 0.1) is 15.5 Å². The van der Waals surface area contributed by atoms with Gasteiger partial charge in [0, 0.05) is 5.92 Å². The predicted molar refractivity (Wildman–Crippen MR) is 75.6 cm³/mol. The molecule has 1 unspecified atom stereocenters. The molecule has 0 N–H and O–H groups in total. The van der Waals surface area contributed by atoms with E-state index in [-0.39, 0.29) is 17.3 Å². The highest BCUT2D eigenvalue weighted by atomic mass is 79.9. The van der Waals surface area contributed by atoms with Crippen LogP contribution >= 0.6 is 15.9 Å². The fourth-order valence-corrected chi connectivity index (χ4v) is 3.83. The zero-order valence-electron chi connectivity index (χ0n) is 10.3. The molecular formula is C13H13BrO4S. The molecule has 0 heterocycles. The van der Waals surface area contributed by atoms with Crippen LogP contribution in [0, 0.1) is 11.8 Å². The van der Waals surface area contributed by atoms with Crippen LogP contribution in [0.5, 0.6) is 0 Å². The van der Waals surface area contributed by atoms with Crippen molar-refractivity contribution in [2.24, 2.45) is 0 Å². The third-order valence-corrected chi connectivity index (χ3v) is 4.97. The molecule has 1 atom stereocenters. The van der Waals surface area contributed by atoms with Gasteiger partial charge in [-0.05, 0) is 19.1 Å². The molecule has 6 heteroatoms. The number of alkyl halides is 1. The van der Waals surface area contributed by atoms with E-state index in [0.717, 1.165) is 0 Å². The van der Waals surface area contributed by atoms with Crippen molar-refractivity contribution in [3.63, 3.8) is 0 Å². The number of esters is 1. The van der Waals surface area contributed by atoms with E-state index in [1.54, 1.807) is 18.2 Å². The van der Waals surface area contributed by atoms with E-state index in [4.69, 9.17) is 4.74 Å². The minimum Gasteiger partial charge on any atom is -0.455 e. The number of benzene rings is 1. The minimum atomic E-state index is -3.39. The van der Waals surface area contributed by atoms with Gasteiger partial charge in [0.25, 0.3) is 0 Å². The van der Waals surface area contributed by atoms with Gasteiger partial charge in [-0.3, -0.25) is 0 Å². The van der Waals surface area contributed by atoms with E-state index < -0.39 is 20.6 Å². The number of rotatable bonds is 5. The molecule has 0 bridgehead atoms. The van der Waals surface area contributed by atoms with Gasteiger partial charge < -0.3 is 4.74 Å². The molecule has 19 heavy (non-hydrogen) atoms. The lowest BCUT2D eigenvalue weighted by Gasteiger charge is -2.10. The topological polar surface area (TPSA) is 60.4 Å². The Morgan fingerprint density at radius 2 is 2.00 bits per heavy atom. The Bertz CT molecular complexity index is 584. The van der Waals surface area contributed by atoms with Gasteiger partial charge in [0.2, 0.25) is 0 Å². The summed E-state index contributed by atoms with van der Waals surface area (Å²) in [4.78, 5) is 10.8. The van der Waals surface area contributed by atoms with Crippen LogP contribution < -0.4 is 0 Å². The summed E-state index contributed by atoms with van der Waals surface area (Å²) in [6.07, 6.45) is 0. The number of carbonyl (C=O) groups is 1. The number of hydrogen-bond donors (Lipinski definition) is 0. The molecular weight excluding hydrogens is 332 g/mol. The van der Waals surface area contributed by atoms with Gasteiger partial charge in [-0.15, -0.1) is 0 Å². The predicted octanol–water partition coefficient (Wildman–Crippen LogP) is 1.79. The standard InChI is InChI=1S/C13H13BrO4S/c1-2-6-13(15)18-9-11(14)10-19(16,17)12-7-4-3-5-8-12/h3-5,7-8,11H,9-10H2,1H3. The van der Waals surface area contributed by atoms with Crippen LogP contribution in [0.4, 0.5) is 0 Å². The Kier molecular flexibility index (Phi) is 6.06. The summed E-state index contributed by atoms with van der Waals surface area (Å²) >= 11 is 3.19. The molecule has 0 saturated heterocycles. The van der Waals surface area contributed by atoms with Crippen molar-refractivity contribution < 1.29 is 17.9 Å². The summed E-state index contributed by atoms with van der Waals surface area (Å²) < 4.78 is 28.8. The Morgan fingerprint density at radius 1 is 1.37 bits per heavy atom. The smallest absolute Gasteiger partial charge is 0.384 e. The number of ether oxygens (including phenoxy) is 1. The largest absolute Gasteiger partial charge is 0.455 e. The molecule has 0 radical (unpaired) electrons. The van der Waals surface area contributed by atoms with Gasteiger partial charge in [-0.25, -0.2) is 13.2 Å². The molecule has 0 fully saturated rings. The zero-order chi connectivity index (χ0) is 14.3. The number of hydrogen-bond acceptors (Lipinski definition) is 4. The highest BCUT2D eigenvalue weighted by molar-refractivity contribution is 9.09. The summed E-state index contributed by atoms with van der Waals surface area (Å²) in [5, 5.41) is 0. The van der Waals surface area contributed by atoms with Crippen LogP contribution in [0.2, 0.25) is 0 Å². The van der Waals surface area contributed by atoms with Crippen LogP contribution in [-0.2, 0) is 19.4 Å². The van der Waals surface area contributed by atoms with E-state index >= 15 is 0 Å². The fraction of sp³-hybridized carbons (Fsp3) is 0.308. The molecule has 1 rings (SSSR count). The second-order valence-electron chi connectivity index (χ2n) is 3.67. The molecule has 0 spiro atoms. The first-order valence-corrected chi connectivity index (χ1v) is 8.04. The van der Waals surface area contributed by atoms with Crippen molar-refractivity contribution >= 4 is 31.7 Å². The first-order valence-electron chi connectivity index (χ1n) is 5.47. The lowest BCUT2D eigenvalue weighted by atomic mass is 10.4. The average molecular weight is 345 g/mol. The molecule has 0 aromatic heterocycles. The van der Waals surface area contributed by atoms with E-state index in [1.807, 2.05) is 0 Å². The maximum atomic E-state index is 12.0. The van der Waals surface area contributed by atoms with Gasteiger partial charge in [-0.2, -0.15) is 0 Å². The van der Waals surface area contributed by atoms with Crippen LogP contribution in [-0.4, -0.2) is 31.6 Å². The summed E-state index contributed by atoms with van der Waals surface area (Å²) in [6.45, 7) is 1.48. The van der Waals surface area contributed by atoms with Crippen LogP contribution in [0.25, 0.3) is 0 Å². The second-order valence-corrected chi connectivity index (χ2v) is 6.99. The first-order chi connectivity index (χ1) is 8.95. The van der Waals surface area contributed by atoms with E-state index in [2.05, 4.69) is 27.8 Å². The average Bonchev–Trinajstić information content (AvgIpc) is 2.37.